The molecule has 0 fully saturated rings. The van der Waals surface area contributed by atoms with Crippen molar-refractivity contribution in [3.63, 3.8) is 0 Å². The summed E-state index contributed by atoms with van der Waals surface area (Å²) in [7, 11) is 1.50. The molecule has 1 heterocycles. The lowest BCUT2D eigenvalue weighted by molar-refractivity contribution is 0.373. The molecule has 0 unspecified atom stereocenters. The van der Waals surface area contributed by atoms with Crippen molar-refractivity contribution in [3.05, 3.63) is 58.9 Å². The predicted octanol–water partition coefficient (Wildman–Crippen LogP) is 3.20. The van der Waals surface area contributed by atoms with Gasteiger partial charge in [0, 0.05) is 5.56 Å². The molecule has 1 aromatic heterocycles. The highest BCUT2D eigenvalue weighted by molar-refractivity contribution is 7.71. The molecule has 0 bridgehead atoms. The molecule has 3 rings (SSSR count). The molecule has 0 aliphatic rings. The van der Waals surface area contributed by atoms with Gasteiger partial charge in [-0.3, -0.25) is 0 Å². The van der Waals surface area contributed by atoms with Gasteiger partial charge in [0.05, 0.1) is 13.3 Å². The number of rotatable bonds is 4. The van der Waals surface area contributed by atoms with Crippen molar-refractivity contribution in [2.45, 2.75) is 0 Å². The average molecular weight is 326 g/mol. The maximum Gasteiger partial charge on any atom is 0.216 e. The lowest BCUT2D eigenvalue weighted by Gasteiger charge is -2.04. The first-order chi connectivity index (χ1) is 11.2. The number of H-pyrrole nitrogens is 1. The normalized spacial score (nSPS) is 11.0. The fourth-order valence-corrected chi connectivity index (χ4v) is 2.25. The van der Waals surface area contributed by atoms with Crippen molar-refractivity contribution in [1.29, 1.82) is 0 Å². The molecular formula is C16H14N4O2S. The van der Waals surface area contributed by atoms with Crippen molar-refractivity contribution >= 4 is 18.4 Å². The van der Waals surface area contributed by atoms with E-state index in [0.29, 0.717) is 16.3 Å². The summed E-state index contributed by atoms with van der Waals surface area (Å²) >= 11 is 5.22. The molecule has 0 amide bonds. The van der Waals surface area contributed by atoms with Crippen molar-refractivity contribution in [1.82, 2.24) is 14.9 Å². The van der Waals surface area contributed by atoms with Gasteiger partial charge in [-0.2, -0.15) is 14.9 Å². The summed E-state index contributed by atoms with van der Waals surface area (Å²) in [5.41, 5.74) is 1.67. The van der Waals surface area contributed by atoms with Gasteiger partial charge in [0.2, 0.25) is 4.77 Å². The summed E-state index contributed by atoms with van der Waals surface area (Å²) in [6, 6.07) is 14.6. The van der Waals surface area contributed by atoms with Crippen LogP contribution >= 0.6 is 12.2 Å². The summed E-state index contributed by atoms with van der Waals surface area (Å²) in [5, 5.41) is 20.9. The number of ether oxygens (including phenoxy) is 1. The second kappa shape index (κ2) is 6.45. The van der Waals surface area contributed by atoms with E-state index in [9.17, 15) is 5.11 Å². The summed E-state index contributed by atoms with van der Waals surface area (Å²) in [4.78, 5) is 0. The van der Waals surface area contributed by atoms with Gasteiger partial charge in [-0.05, 0) is 36.0 Å². The summed E-state index contributed by atoms with van der Waals surface area (Å²) < 4.78 is 7.02. The molecule has 7 heteroatoms. The van der Waals surface area contributed by atoms with Crippen LogP contribution in [-0.2, 0) is 0 Å². The van der Waals surface area contributed by atoms with E-state index in [1.54, 1.807) is 29.1 Å². The fraction of sp³-hybridized carbons (Fsp3) is 0.0625. The fourth-order valence-electron chi connectivity index (χ4n) is 2.07. The lowest BCUT2D eigenvalue weighted by atomic mass is 10.2. The zero-order valence-electron chi connectivity index (χ0n) is 12.3. The number of phenolic OH excluding ortho intramolecular Hbond substituents is 1. The first-order valence-electron chi connectivity index (χ1n) is 6.83. The van der Waals surface area contributed by atoms with Crippen LogP contribution in [0.2, 0.25) is 0 Å². The molecule has 2 N–H and O–H groups in total. The number of aromatic nitrogens is 3. The number of aromatic amines is 1. The number of nitrogens with one attached hydrogen (secondary N) is 1. The number of hydrogen-bond donors (Lipinski definition) is 2. The second-order valence-corrected chi connectivity index (χ2v) is 5.09. The van der Waals surface area contributed by atoms with Crippen LogP contribution in [0.5, 0.6) is 11.5 Å². The van der Waals surface area contributed by atoms with E-state index in [1.807, 2.05) is 30.3 Å². The molecule has 6 nitrogen and oxygen atoms in total. The van der Waals surface area contributed by atoms with E-state index in [4.69, 9.17) is 17.0 Å². The average Bonchev–Trinajstić information content (AvgIpc) is 2.95. The van der Waals surface area contributed by atoms with E-state index in [1.165, 1.54) is 7.11 Å². The first kappa shape index (κ1) is 15.0. The van der Waals surface area contributed by atoms with E-state index < -0.39 is 0 Å². The van der Waals surface area contributed by atoms with Gasteiger partial charge in [-0.25, -0.2) is 5.10 Å². The number of aromatic hydroxyl groups is 1. The van der Waals surface area contributed by atoms with Crippen LogP contribution in [0.15, 0.2) is 53.6 Å². The Balaban J connectivity index is 1.98. The Labute approximate surface area is 137 Å². The maximum atomic E-state index is 9.62. The molecule has 0 spiro atoms. The molecule has 3 aromatic rings. The van der Waals surface area contributed by atoms with Crippen molar-refractivity contribution in [3.8, 4) is 22.9 Å². The topological polar surface area (TPSA) is 75.4 Å². The monoisotopic (exact) mass is 326 g/mol. The lowest BCUT2D eigenvalue weighted by Crippen LogP contribution is -1.95. The second-order valence-electron chi connectivity index (χ2n) is 4.71. The summed E-state index contributed by atoms with van der Waals surface area (Å²) in [6.45, 7) is 0. The SMILES string of the molecule is COc1cc(/C=N/n2c(-c3ccccc3)n[nH]c2=S)ccc1O. The van der Waals surface area contributed by atoms with Gasteiger partial charge in [-0.15, -0.1) is 0 Å². The number of methoxy groups -OCH3 is 1. The van der Waals surface area contributed by atoms with Gasteiger partial charge in [0.1, 0.15) is 0 Å². The van der Waals surface area contributed by atoms with Crippen LogP contribution in [0, 0.1) is 4.77 Å². The Kier molecular flexibility index (Phi) is 4.20. The Morgan fingerprint density at radius 2 is 2.04 bits per heavy atom. The Morgan fingerprint density at radius 3 is 2.78 bits per heavy atom. The number of phenols is 1. The van der Waals surface area contributed by atoms with Gasteiger partial charge in [0.25, 0.3) is 0 Å². The Bertz CT molecular complexity index is 900. The molecule has 23 heavy (non-hydrogen) atoms. The highest BCUT2D eigenvalue weighted by atomic mass is 32.1. The molecule has 0 aliphatic carbocycles. The summed E-state index contributed by atoms with van der Waals surface area (Å²) in [6.07, 6.45) is 1.62. The number of nitrogens with zero attached hydrogens (tertiary/aromatic N) is 3. The van der Waals surface area contributed by atoms with Gasteiger partial charge < -0.3 is 9.84 Å². The molecule has 2 aromatic carbocycles. The maximum absolute atomic E-state index is 9.62. The smallest absolute Gasteiger partial charge is 0.216 e. The van der Waals surface area contributed by atoms with E-state index in [2.05, 4.69) is 15.3 Å². The molecule has 116 valence electrons. The molecule has 0 radical (unpaired) electrons. The van der Waals surface area contributed by atoms with E-state index >= 15 is 0 Å². The molecule has 0 saturated heterocycles. The number of benzene rings is 2. The van der Waals surface area contributed by atoms with E-state index in [0.717, 1.165) is 11.1 Å². The number of hydrogen-bond acceptors (Lipinski definition) is 5. The highest BCUT2D eigenvalue weighted by Crippen LogP contribution is 2.25. The predicted molar refractivity (Wildman–Crippen MR) is 90.5 cm³/mol. The van der Waals surface area contributed by atoms with Crippen LogP contribution in [0.25, 0.3) is 11.4 Å². The minimum absolute atomic E-state index is 0.0783. The van der Waals surface area contributed by atoms with Crippen molar-refractivity contribution < 1.29 is 9.84 Å². The van der Waals surface area contributed by atoms with Crippen molar-refractivity contribution in [2.75, 3.05) is 7.11 Å². The summed E-state index contributed by atoms with van der Waals surface area (Å²) in [5.74, 6) is 1.08. The third kappa shape index (κ3) is 3.14. The van der Waals surface area contributed by atoms with Gasteiger partial charge >= 0.3 is 0 Å². The van der Waals surface area contributed by atoms with Crippen molar-refractivity contribution in [2.24, 2.45) is 5.10 Å². The molecule has 0 atom stereocenters. The Morgan fingerprint density at radius 1 is 1.26 bits per heavy atom. The molecule has 0 aliphatic heterocycles. The first-order valence-corrected chi connectivity index (χ1v) is 7.24. The highest BCUT2D eigenvalue weighted by Gasteiger charge is 2.07. The molecular weight excluding hydrogens is 312 g/mol. The minimum Gasteiger partial charge on any atom is -0.504 e. The third-order valence-corrected chi connectivity index (χ3v) is 3.47. The largest absolute Gasteiger partial charge is 0.504 e. The van der Waals surface area contributed by atoms with Crippen LogP contribution < -0.4 is 4.74 Å². The van der Waals surface area contributed by atoms with Crippen LogP contribution in [0.3, 0.4) is 0 Å². The standard InChI is InChI=1S/C16H14N4O2S/c1-22-14-9-11(7-8-13(14)21)10-17-20-15(18-19-16(20)23)12-5-3-2-4-6-12/h2-10,21H,1H3,(H,19,23)/b17-10+. The van der Waals surface area contributed by atoms with Gasteiger partial charge in [0.15, 0.2) is 17.3 Å². The zero-order chi connectivity index (χ0) is 16.2. The van der Waals surface area contributed by atoms with Crippen LogP contribution in [0.4, 0.5) is 0 Å². The van der Waals surface area contributed by atoms with E-state index in [-0.39, 0.29) is 5.75 Å². The van der Waals surface area contributed by atoms with Crippen LogP contribution in [-0.4, -0.2) is 33.3 Å². The molecule has 0 saturated carbocycles. The Hall–Kier alpha value is -2.93. The van der Waals surface area contributed by atoms with Gasteiger partial charge in [-0.1, -0.05) is 30.3 Å². The quantitative estimate of drug-likeness (QED) is 0.570. The zero-order valence-corrected chi connectivity index (χ0v) is 13.1. The van der Waals surface area contributed by atoms with Crippen LogP contribution in [0.1, 0.15) is 5.56 Å². The minimum atomic E-state index is 0.0783. The third-order valence-electron chi connectivity index (χ3n) is 3.21.